The number of phosphoric acid groups is 1. The topological polar surface area (TPSA) is 166 Å². The van der Waals surface area contributed by atoms with E-state index in [1.165, 1.54) is 70.3 Å². The van der Waals surface area contributed by atoms with Crippen LogP contribution in [0.15, 0.2) is 48.6 Å². The summed E-state index contributed by atoms with van der Waals surface area (Å²) in [5.74, 6) is -0.557. The van der Waals surface area contributed by atoms with Crippen LogP contribution in [0.5, 0.6) is 0 Å². The Labute approximate surface area is 326 Å². The lowest BCUT2D eigenvalue weighted by molar-refractivity contribution is -0.161. The number of allylic oxidation sites excluding steroid dienone is 8. The van der Waals surface area contributed by atoms with Gasteiger partial charge in [0, 0.05) is 19.3 Å². The van der Waals surface area contributed by atoms with E-state index in [-0.39, 0.29) is 31.5 Å². The highest BCUT2D eigenvalue weighted by Gasteiger charge is 2.27. The van der Waals surface area contributed by atoms with Gasteiger partial charge in [-0.15, -0.1) is 0 Å². The predicted molar refractivity (Wildman–Crippen MR) is 215 cm³/mol. The number of hydrogen-bond acceptors (Lipinski definition) is 10. The van der Waals surface area contributed by atoms with Gasteiger partial charge in [0.25, 0.3) is 0 Å². The van der Waals surface area contributed by atoms with Gasteiger partial charge in [-0.2, -0.15) is 0 Å². The molecule has 11 nitrogen and oxygen atoms in total. The lowest BCUT2D eigenvalue weighted by atomic mass is 10.0. The summed E-state index contributed by atoms with van der Waals surface area (Å²) in [5.41, 5.74) is 0. The molecule has 3 N–H and O–H groups in total. The molecule has 0 saturated carbocycles. The number of phosphoric ester groups is 1. The van der Waals surface area contributed by atoms with Gasteiger partial charge in [0.1, 0.15) is 12.7 Å². The molecule has 0 bridgehead atoms. The highest BCUT2D eigenvalue weighted by molar-refractivity contribution is 7.47. The van der Waals surface area contributed by atoms with Gasteiger partial charge in [0.2, 0.25) is 0 Å². The number of rotatable bonds is 37. The molecular formula is C42H73O11P. The first-order valence-electron chi connectivity index (χ1n) is 20.4. The predicted octanol–water partition coefficient (Wildman–Crippen LogP) is 9.59. The molecular weight excluding hydrogens is 711 g/mol. The van der Waals surface area contributed by atoms with Gasteiger partial charge in [-0.1, -0.05) is 140 Å². The van der Waals surface area contributed by atoms with Crippen LogP contribution in [0.2, 0.25) is 0 Å². The van der Waals surface area contributed by atoms with Gasteiger partial charge in [-0.3, -0.25) is 23.4 Å². The molecule has 0 aliphatic rings. The third kappa shape index (κ3) is 36.6. The van der Waals surface area contributed by atoms with Crippen molar-refractivity contribution in [1.29, 1.82) is 0 Å². The Bertz CT molecular complexity index is 1120. The first-order chi connectivity index (χ1) is 26.0. The average Bonchev–Trinajstić information content (AvgIpc) is 3.13. The second-order valence-electron chi connectivity index (χ2n) is 14.2. The number of unbranched alkanes of at least 4 members (excludes halogenated alkanes) is 12. The van der Waals surface area contributed by atoms with Crippen molar-refractivity contribution < 1.29 is 52.6 Å². The molecule has 0 fully saturated rings. The Hall–Kier alpha value is -2.40. The standard InChI is InChI=1S/C42H73O11P/c1-4-5-6-7-8-9-10-11-12-16-19-22-25-29-38(44)30-27-32-42(47)53-40(36-52-54(48,49)51-34-39(45)33-43)35-50-41(46)31-26-23-20-17-14-13-15-18-21-24-28-37(2)3/h8-9,11-12,19,22,25,29,37,39-40,43,45H,4-7,10,13-18,20-21,23-24,26-28,30-36H2,1-3H3,(H,48,49)/b9-8-,12-11-,22-19-,29-25+/t39-,40+/m0/s1. The van der Waals surface area contributed by atoms with Crippen LogP contribution in [-0.2, 0) is 37.5 Å². The van der Waals surface area contributed by atoms with Crippen LogP contribution in [-0.4, -0.2) is 71.5 Å². The molecule has 54 heavy (non-hydrogen) atoms. The Morgan fingerprint density at radius 2 is 1.26 bits per heavy atom. The second kappa shape index (κ2) is 36.3. The molecule has 0 aromatic rings. The average molecular weight is 785 g/mol. The quantitative estimate of drug-likeness (QED) is 0.0137. The number of aliphatic hydroxyl groups is 2. The maximum absolute atomic E-state index is 12.6. The number of carbonyl (C=O) groups excluding carboxylic acids is 3. The van der Waals surface area contributed by atoms with E-state index >= 15 is 0 Å². The smallest absolute Gasteiger partial charge is 0.462 e. The van der Waals surface area contributed by atoms with E-state index < -0.39 is 58.4 Å². The summed E-state index contributed by atoms with van der Waals surface area (Å²) in [4.78, 5) is 47.1. The van der Waals surface area contributed by atoms with Gasteiger partial charge in [0.15, 0.2) is 11.9 Å². The zero-order valence-corrected chi connectivity index (χ0v) is 34.5. The first kappa shape index (κ1) is 51.6. The lowest BCUT2D eigenvalue weighted by Crippen LogP contribution is -2.30. The lowest BCUT2D eigenvalue weighted by Gasteiger charge is -2.20. The van der Waals surface area contributed by atoms with Crippen molar-refractivity contribution in [3.63, 3.8) is 0 Å². The van der Waals surface area contributed by atoms with Crippen LogP contribution < -0.4 is 0 Å². The van der Waals surface area contributed by atoms with E-state index in [4.69, 9.17) is 19.1 Å². The van der Waals surface area contributed by atoms with Crippen LogP contribution in [0.1, 0.15) is 156 Å². The summed E-state index contributed by atoms with van der Waals surface area (Å²) in [6.07, 6.45) is 32.4. The van der Waals surface area contributed by atoms with E-state index in [1.54, 1.807) is 12.2 Å². The van der Waals surface area contributed by atoms with Crippen molar-refractivity contribution >= 4 is 25.5 Å². The van der Waals surface area contributed by atoms with Crippen LogP contribution in [0, 0.1) is 5.92 Å². The molecule has 0 aliphatic carbocycles. The minimum absolute atomic E-state index is 0.105. The van der Waals surface area contributed by atoms with Gasteiger partial charge < -0.3 is 24.6 Å². The molecule has 0 spiro atoms. The largest absolute Gasteiger partial charge is 0.472 e. The Morgan fingerprint density at radius 3 is 1.91 bits per heavy atom. The molecule has 0 rings (SSSR count). The number of esters is 2. The molecule has 3 atom stereocenters. The summed E-state index contributed by atoms with van der Waals surface area (Å²) >= 11 is 0. The Kier molecular flexibility index (Phi) is 34.6. The minimum atomic E-state index is -4.68. The molecule has 0 radical (unpaired) electrons. The zero-order chi connectivity index (χ0) is 40.1. The summed E-state index contributed by atoms with van der Waals surface area (Å²) in [7, 11) is -4.68. The number of aliphatic hydroxyl groups excluding tert-OH is 2. The summed E-state index contributed by atoms with van der Waals surface area (Å²) in [6.45, 7) is 4.35. The highest BCUT2D eigenvalue weighted by atomic mass is 31.2. The highest BCUT2D eigenvalue weighted by Crippen LogP contribution is 2.43. The SMILES string of the molecule is CCCCC/C=C\C/C=C\C/C=C\C=C\C(=O)CCCC(=O)O[C@H](COC(=O)CCCCCCCCCCCCC(C)C)COP(=O)(O)OC[C@@H](O)CO. The zero-order valence-electron chi connectivity index (χ0n) is 33.6. The fourth-order valence-electron chi connectivity index (χ4n) is 5.19. The summed E-state index contributed by atoms with van der Waals surface area (Å²) in [5, 5.41) is 18.3. The van der Waals surface area contributed by atoms with E-state index in [2.05, 4.69) is 49.6 Å². The third-order valence-electron chi connectivity index (χ3n) is 8.39. The second-order valence-corrected chi connectivity index (χ2v) is 15.6. The molecule has 0 aromatic carbocycles. The van der Waals surface area contributed by atoms with Crippen molar-refractivity contribution in [2.45, 2.75) is 168 Å². The van der Waals surface area contributed by atoms with Gasteiger partial charge in [0.05, 0.1) is 19.8 Å². The fraction of sp³-hybridized carbons (Fsp3) is 0.738. The molecule has 0 heterocycles. The van der Waals surface area contributed by atoms with Gasteiger partial charge >= 0.3 is 19.8 Å². The third-order valence-corrected chi connectivity index (χ3v) is 9.34. The molecule has 0 aromatic heterocycles. The van der Waals surface area contributed by atoms with E-state index in [0.717, 1.165) is 44.4 Å². The molecule has 0 amide bonds. The van der Waals surface area contributed by atoms with E-state index in [1.807, 2.05) is 6.08 Å². The first-order valence-corrected chi connectivity index (χ1v) is 21.9. The molecule has 312 valence electrons. The van der Waals surface area contributed by atoms with Gasteiger partial charge in [-0.25, -0.2) is 4.57 Å². The Morgan fingerprint density at radius 1 is 0.667 bits per heavy atom. The van der Waals surface area contributed by atoms with Crippen molar-refractivity contribution in [2.75, 3.05) is 26.4 Å². The van der Waals surface area contributed by atoms with E-state index in [0.29, 0.717) is 6.42 Å². The number of ketones is 1. The molecule has 1 unspecified atom stereocenters. The normalized spacial score (nSPS) is 14.4. The van der Waals surface area contributed by atoms with Crippen LogP contribution in [0.3, 0.4) is 0 Å². The van der Waals surface area contributed by atoms with Crippen molar-refractivity contribution in [3.05, 3.63) is 48.6 Å². The van der Waals surface area contributed by atoms with Crippen molar-refractivity contribution in [1.82, 2.24) is 0 Å². The van der Waals surface area contributed by atoms with Crippen LogP contribution in [0.4, 0.5) is 0 Å². The monoisotopic (exact) mass is 784 g/mol. The van der Waals surface area contributed by atoms with Crippen LogP contribution >= 0.6 is 7.82 Å². The number of hydrogen-bond donors (Lipinski definition) is 3. The number of ether oxygens (including phenoxy) is 2. The maximum Gasteiger partial charge on any atom is 0.472 e. The summed E-state index contributed by atoms with van der Waals surface area (Å²) in [6, 6.07) is 0. The molecule has 12 heteroatoms. The summed E-state index contributed by atoms with van der Waals surface area (Å²) < 4.78 is 32.4. The number of carbonyl (C=O) groups is 3. The molecule has 0 aliphatic heterocycles. The van der Waals surface area contributed by atoms with Crippen molar-refractivity contribution in [3.8, 4) is 0 Å². The van der Waals surface area contributed by atoms with Crippen LogP contribution in [0.25, 0.3) is 0 Å². The minimum Gasteiger partial charge on any atom is -0.462 e. The maximum atomic E-state index is 12.6. The molecule has 0 saturated heterocycles. The van der Waals surface area contributed by atoms with Gasteiger partial charge in [-0.05, 0) is 50.5 Å². The van der Waals surface area contributed by atoms with Crippen molar-refractivity contribution in [2.24, 2.45) is 5.92 Å². The Balaban J connectivity index is 4.56. The fourth-order valence-corrected chi connectivity index (χ4v) is 5.98. The van der Waals surface area contributed by atoms with E-state index in [9.17, 15) is 28.9 Å².